The van der Waals surface area contributed by atoms with Gasteiger partial charge in [-0.05, 0) is 49.7 Å². The molecule has 23 heavy (non-hydrogen) atoms. The monoisotopic (exact) mass is 316 g/mol. The van der Waals surface area contributed by atoms with Crippen molar-refractivity contribution in [2.24, 2.45) is 5.41 Å². The lowest BCUT2D eigenvalue weighted by atomic mass is 9.78. The van der Waals surface area contributed by atoms with E-state index in [1.165, 1.54) is 17.6 Å². The zero-order valence-corrected chi connectivity index (χ0v) is 14.5. The van der Waals surface area contributed by atoms with Gasteiger partial charge in [-0.3, -0.25) is 0 Å². The van der Waals surface area contributed by atoms with Gasteiger partial charge >= 0.3 is 0 Å². The van der Waals surface area contributed by atoms with Crippen molar-refractivity contribution in [1.82, 2.24) is 0 Å². The summed E-state index contributed by atoms with van der Waals surface area (Å²) in [6, 6.07) is 10.3. The summed E-state index contributed by atoms with van der Waals surface area (Å²) < 4.78 is 17.7. The smallest absolute Gasteiger partial charge is 0.163 e. The van der Waals surface area contributed by atoms with Gasteiger partial charge in [0, 0.05) is 0 Å². The van der Waals surface area contributed by atoms with Gasteiger partial charge in [0.25, 0.3) is 0 Å². The summed E-state index contributed by atoms with van der Waals surface area (Å²) in [6.07, 6.45) is 5.86. The summed E-state index contributed by atoms with van der Waals surface area (Å²) in [6.45, 7) is 8.40. The normalized spacial score (nSPS) is 29.7. The first-order chi connectivity index (χ1) is 11.0. The zero-order chi connectivity index (χ0) is 16.3. The van der Waals surface area contributed by atoms with E-state index in [0.717, 1.165) is 12.8 Å². The van der Waals surface area contributed by atoms with Gasteiger partial charge in [-0.1, -0.05) is 43.3 Å². The average Bonchev–Trinajstić information content (AvgIpc) is 3.03. The molecule has 1 aliphatic heterocycles. The molecule has 2 atom stereocenters. The maximum absolute atomic E-state index is 6.01. The summed E-state index contributed by atoms with van der Waals surface area (Å²) >= 11 is 0. The van der Waals surface area contributed by atoms with Crippen molar-refractivity contribution in [3.8, 4) is 0 Å². The summed E-state index contributed by atoms with van der Waals surface area (Å²) in [5.74, 6) is -0.437. The van der Waals surface area contributed by atoms with Crippen LogP contribution in [-0.2, 0) is 20.8 Å². The Kier molecular flexibility index (Phi) is 4.90. The molecule has 0 radical (unpaired) electrons. The second-order valence-corrected chi connectivity index (χ2v) is 7.46. The first kappa shape index (κ1) is 16.7. The van der Waals surface area contributed by atoms with Gasteiger partial charge in [0.05, 0.1) is 25.9 Å². The van der Waals surface area contributed by atoms with Crippen molar-refractivity contribution < 1.29 is 14.2 Å². The van der Waals surface area contributed by atoms with Gasteiger partial charge < -0.3 is 14.2 Å². The first-order valence-corrected chi connectivity index (χ1v) is 8.60. The van der Waals surface area contributed by atoms with E-state index < -0.39 is 5.79 Å². The fourth-order valence-corrected chi connectivity index (χ4v) is 3.66. The van der Waals surface area contributed by atoms with E-state index in [1.54, 1.807) is 0 Å². The van der Waals surface area contributed by atoms with Crippen molar-refractivity contribution in [1.29, 1.82) is 0 Å². The van der Waals surface area contributed by atoms with Crippen LogP contribution in [-0.4, -0.2) is 25.1 Å². The van der Waals surface area contributed by atoms with Crippen LogP contribution in [0.15, 0.2) is 42.0 Å². The largest absolute Gasteiger partial charge is 0.372 e. The van der Waals surface area contributed by atoms with Crippen LogP contribution in [0.3, 0.4) is 0 Å². The summed E-state index contributed by atoms with van der Waals surface area (Å²) in [5.41, 5.74) is 2.81. The van der Waals surface area contributed by atoms with Crippen molar-refractivity contribution in [2.75, 3.05) is 13.2 Å². The van der Waals surface area contributed by atoms with E-state index in [9.17, 15) is 0 Å². The third-order valence-corrected chi connectivity index (χ3v) is 4.98. The molecular formula is C20H28O3. The summed E-state index contributed by atoms with van der Waals surface area (Å²) in [7, 11) is 0. The molecule has 0 saturated carbocycles. The van der Waals surface area contributed by atoms with E-state index in [4.69, 9.17) is 14.2 Å². The molecule has 2 aliphatic rings. The lowest BCUT2D eigenvalue weighted by molar-refractivity contribution is -0.141. The lowest BCUT2D eigenvalue weighted by Crippen LogP contribution is -2.28. The Bertz CT molecular complexity index is 549. The number of rotatable bonds is 6. The van der Waals surface area contributed by atoms with Crippen LogP contribution in [0.2, 0.25) is 0 Å². The first-order valence-electron chi connectivity index (χ1n) is 8.60. The molecule has 0 amide bonds. The molecule has 1 heterocycles. The van der Waals surface area contributed by atoms with Crippen molar-refractivity contribution in [3.63, 3.8) is 0 Å². The summed E-state index contributed by atoms with van der Waals surface area (Å²) in [4.78, 5) is 0. The maximum Gasteiger partial charge on any atom is 0.163 e. The minimum atomic E-state index is -0.437. The minimum absolute atomic E-state index is 0.172. The van der Waals surface area contributed by atoms with E-state index in [1.807, 2.05) is 19.9 Å². The highest BCUT2D eigenvalue weighted by molar-refractivity contribution is 5.20. The molecule has 3 rings (SSSR count). The van der Waals surface area contributed by atoms with Gasteiger partial charge in [-0.15, -0.1) is 0 Å². The quantitative estimate of drug-likeness (QED) is 0.725. The highest BCUT2D eigenvalue weighted by Gasteiger charge is 2.40. The lowest BCUT2D eigenvalue weighted by Gasteiger charge is -2.31. The Morgan fingerprint density at radius 3 is 2.61 bits per heavy atom. The average molecular weight is 316 g/mol. The molecule has 1 aromatic rings. The molecule has 1 aliphatic carbocycles. The predicted molar refractivity (Wildman–Crippen MR) is 91.0 cm³/mol. The van der Waals surface area contributed by atoms with Gasteiger partial charge in [0.2, 0.25) is 0 Å². The van der Waals surface area contributed by atoms with Crippen molar-refractivity contribution in [3.05, 3.63) is 47.5 Å². The third kappa shape index (κ3) is 4.23. The molecule has 0 spiro atoms. The second kappa shape index (κ2) is 6.76. The van der Waals surface area contributed by atoms with Crippen LogP contribution in [0.5, 0.6) is 0 Å². The molecule has 0 unspecified atom stereocenters. The van der Waals surface area contributed by atoms with Crippen molar-refractivity contribution >= 4 is 0 Å². The van der Waals surface area contributed by atoms with E-state index >= 15 is 0 Å². The van der Waals surface area contributed by atoms with Crippen molar-refractivity contribution in [2.45, 2.75) is 58.5 Å². The van der Waals surface area contributed by atoms with Crippen LogP contribution in [0.4, 0.5) is 0 Å². The Morgan fingerprint density at radius 1 is 1.13 bits per heavy atom. The second-order valence-electron chi connectivity index (χ2n) is 7.46. The van der Waals surface area contributed by atoms with E-state index in [-0.39, 0.29) is 11.5 Å². The van der Waals surface area contributed by atoms with Crippen LogP contribution in [0.1, 0.15) is 45.6 Å². The molecule has 0 N–H and O–H groups in total. The molecule has 3 nitrogen and oxygen atoms in total. The SMILES string of the molecule is CC1(C)OC[C@@H](C[C@]2(C)CCC=C2COCc2ccccc2)O1. The van der Waals surface area contributed by atoms with Gasteiger partial charge in [0.1, 0.15) is 0 Å². The third-order valence-electron chi connectivity index (χ3n) is 4.98. The Labute approximate surface area is 139 Å². The molecular weight excluding hydrogens is 288 g/mol. The highest BCUT2D eigenvalue weighted by Crippen LogP contribution is 2.44. The van der Waals surface area contributed by atoms with Crippen LogP contribution in [0.25, 0.3) is 0 Å². The molecule has 126 valence electrons. The molecule has 1 aromatic carbocycles. The highest BCUT2D eigenvalue weighted by atomic mass is 16.7. The van der Waals surface area contributed by atoms with E-state index in [2.05, 4.69) is 37.3 Å². The number of allylic oxidation sites excluding steroid dienone is 1. The number of ether oxygens (including phenoxy) is 3. The Morgan fingerprint density at radius 2 is 1.91 bits per heavy atom. The number of hydrogen-bond donors (Lipinski definition) is 0. The van der Waals surface area contributed by atoms with Crippen LogP contribution in [0, 0.1) is 5.41 Å². The van der Waals surface area contributed by atoms with Gasteiger partial charge in [-0.2, -0.15) is 0 Å². The Balaban J connectivity index is 1.52. The standard InChI is InChI=1S/C20H28O3/c1-19(2)22-15-18(23-19)12-20(3)11-7-10-17(20)14-21-13-16-8-5-4-6-9-16/h4-6,8-10,18H,7,11-15H2,1-3H3/t18-,20+/m1/s1. The number of hydrogen-bond acceptors (Lipinski definition) is 3. The fraction of sp³-hybridized carbons (Fsp3) is 0.600. The minimum Gasteiger partial charge on any atom is -0.372 e. The van der Waals surface area contributed by atoms with Crippen LogP contribution >= 0.6 is 0 Å². The molecule has 0 bridgehead atoms. The van der Waals surface area contributed by atoms with Crippen LogP contribution < -0.4 is 0 Å². The molecule has 1 fully saturated rings. The number of benzene rings is 1. The van der Waals surface area contributed by atoms with Gasteiger partial charge in [0.15, 0.2) is 5.79 Å². The fourth-order valence-electron chi connectivity index (χ4n) is 3.66. The van der Waals surface area contributed by atoms with Gasteiger partial charge in [-0.25, -0.2) is 0 Å². The van der Waals surface area contributed by atoms with E-state index in [0.29, 0.717) is 19.8 Å². The maximum atomic E-state index is 6.01. The zero-order valence-electron chi connectivity index (χ0n) is 14.5. The molecule has 1 saturated heterocycles. The molecule has 0 aromatic heterocycles. The summed E-state index contributed by atoms with van der Waals surface area (Å²) in [5, 5.41) is 0. The molecule has 3 heteroatoms. The topological polar surface area (TPSA) is 27.7 Å². The Hall–Kier alpha value is -1.16. The predicted octanol–water partition coefficient (Wildman–Crippen LogP) is 4.47.